The van der Waals surface area contributed by atoms with E-state index in [1.807, 2.05) is 28.8 Å². The van der Waals surface area contributed by atoms with Crippen molar-refractivity contribution in [1.29, 1.82) is 0 Å². The molecule has 1 aromatic heterocycles. The Morgan fingerprint density at radius 1 is 1.12 bits per heavy atom. The fourth-order valence-electron chi connectivity index (χ4n) is 5.30. The van der Waals surface area contributed by atoms with Gasteiger partial charge in [-0.2, -0.15) is 5.10 Å². The molecule has 0 atom stereocenters. The van der Waals surface area contributed by atoms with Crippen LogP contribution < -0.4 is 4.74 Å². The van der Waals surface area contributed by atoms with Crippen LogP contribution in [0, 0.1) is 12.3 Å². The first-order chi connectivity index (χ1) is 15.5. The van der Waals surface area contributed by atoms with Crippen LogP contribution in [0.3, 0.4) is 0 Å². The van der Waals surface area contributed by atoms with Crippen LogP contribution in [0.5, 0.6) is 5.75 Å². The summed E-state index contributed by atoms with van der Waals surface area (Å²) in [5, 5.41) is 4.60. The number of piperidine rings is 1. The van der Waals surface area contributed by atoms with Crippen molar-refractivity contribution in [3.05, 3.63) is 47.3 Å². The first kappa shape index (κ1) is 22.8. The number of aryl methyl sites for hydroxylation is 3. The zero-order chi connectivity index (χ0) is 22.6. The number of ether oxygens (including phenoxy) is 1. The molecule has 32 heavy (non-hydrogen) atoms. The Balaban J connectivity index is 1.41. The summed E-state index contributed by atoms with van der Waals surface area (Å²) in [4.78, 5) is 17.3. The highest BCUT2D eigenvalue weighted by Crippen LogP contribution is 2.38. The van der Waals surface area contributed by atoms with E-state index >= 15 is 0 Å². The molecule has 4 rings (SSSR count). The molecule has 1 spiro atoms. The minimum Gasteiger partial charge on any atom is -0.483 e. The molecule has 1 amide bonds. The molecule has 1 saturated heterocycles. The molecule has 2 aromatic rings. The van der Waals surface area contributed by atoms with Crippen molar-refractivity contribution in [2.24, 2.45) is 5.41 Å². The summed E-state index contributed by atoms with van der Waals surface area (Å²) in [5.41, 5.74) is 3.91. The van der Waals surface area contributed by atoms with Crippen molar-refractivity contribution in [2.45, 2.75) is 65.5 Å². The molecule has 174 valence electrons. The lowest BCUT2D eigenvalue weighted by Gasteiger charge is -2.44. The molecule has 0 saturated carbocycles. The smallest absolute Gasteiger partial charge is 0.260 e. The number of para-hydroxylation sites is 1. The van der Waals surface area contributed by atoms with E-state index in [2.05, 4.69) is 42.2 Å². The maximum atomic E-state index is 12.8. The first-order valence-electron chi connectivity index (χ1n) is 12.2. The fraction of sp³-hybridized carbons (Fsp3) is 0.615. The molecule has 3 heterocycles. The van der Waals surface area contributed by atoms with Gasteiger partial charge >= 0.3 is 0 Å². The number of likely N-dealkylation sites (N-methyl/N-ethyl adjacent to an activating group) is 1. The molecule has 0 N–H and O–H groups in total. The fourth-order valence-corrected chi connectivity index (χ4v) is 5.30. The first-order valence-corrected chi connectivity index (χ1v) is 12.2. The van der Waals surface area contributed by atoms with Crippen LogP contribution >= 0.6 is 0 Å². The van der Waals surface area contributed by atoms with Crippen molar-refractivity contribution < 1.29 is 9.53 Å². The van der Waals surface area contributed by atoms with Gasteiger partial charge in [-0.25, -0.2) is 0 Å². The summed E-state index contributed by atoms with van der Waals surface area (Å²) < 4.78 is 7.95. The molecule has 6 nitrogen and oxygen atoms in total. The van der Waals surface area contributed by atoms with Crippen LogP contribution in [0.4, 0.5) is 0 Å². The number of aromatic nitrogens is 2. The molecule has 0 aliphatic carbocycles. The van der Waals surface area contributed by atoms with Crippen molar-refractivity contribution in [3.8, 4) is 5.75 Å². The molecule has 1 aromatic carbocycles. The van der Waals surface area contributed by atoms with E-state index in [0.29, 0.717) is 0 Å². The number of benzene rings is 1. The molecule has 6 heteroatoms. The highest BCUT2D eigenvalue weighted by molar-refractivity contribution is 5.77. The summed E-state index contributed by atoms with van der Waals surface area (Å²) >= 11 is 0. The Hall–Kier alpha value is -2.34. The zero-order valence-corrected chi connectivity index (χ0v) is 20.0. The summed E-state index contributed by atoms with van der Waals surface area (Å²) in [6.07, 6.45) is 9.04. The second-order valence-corrected chi connectivity index (χ2v) is 9.72. The average molecular weight is 439 g/mol. The molecule has 1 fully saturated rings. The molecule has 0 bridgehead atoms. The Labute approximate surface area is 192 Å². The Morgan fingerprint density at radius 3 is 2.66 bits per heavy atom. The number of fused-ring (bicyclic) bond motifs is 1. The van der Waals surface area contributed by atoms with Crippen LogP contribution in [-0.2, 0) is 24.3 Å². The second-order valence-electron chi connectivity index (χ2n) is 9.72. The van der Waals surface area contributed by atoms with Crippen molar-refractivity contribution in [3.63, 3.8) is 0 Å². The molecule has 0 unspecified atom stereocenters. The standard InChI is InChI=1S/C26H38N4O2/c1-4-30-18-23(21(2)27-30)17-29-15-13-26(14-16-29)12-8-7-10-22-9-5-6-11-24(22)32-19-25(31)28(3)20-26/h5-6,9,11,18H,4,7-8,10,12-17,19-20H2,1-3H3. The van der Waals surface area contributed by atoms with E-state index < -0.39 is 0 Å². The molecule has 2 aliphatic heterocycles. The van der Waals surface area contributed by atoms with E-state index in [1.165, 1.54) is 30.4 Å². The van der Waals surface area contributed by atoms with E-state index in [0.717, 1.165) is 63.4 Å². The molecular formula is C26H38N4O2. The van der Waals surface area contributed by atoms with Gasteiger partial charge < -0.3 is 9.64 Å². The van der Waals surface area contributed by atoms with Gasteiger partial charge in [-0.15, -0.1) is 0 Å². The number of carbonyl (C=O) groups excluding carboxylic acids is 1. The number of nitrogens with zero attached hydrogens (tertiary/aromatic N) is 4. The SMILES string of the molecule is CCn1cc(CN2CCC3(CCCCc4ccccc4OCC(=O)N(C)C3)CC2)c(C)n1. The van der Waals surface area contributed by atoms with Gasteiger partial charge in [0, 0.05) is 38.4 Å². The number of likely N-dealkylation sites (tertiary alicyclic amines) is 1. The van der Waals surface area contributed by atoms with Gasteiger partial charge in [-0.3, -0.25) is 14.4 Å². The average Bonchev–Trinajstić information content (AvgIpc) is 3.16. The van der Waals surface area contributed by atoms with Gasteiger partial charge in [-0.05, 0) is 76.1 Å². The number of hydrogen-bond acceptors (Lipinski definition) is 4. The zero-order valence-electron chi connectivity index (χ0n) is 20.0. The largest absolute Gasteiger partial charge is 0.483 e. The van der Waals surface area contributed by atoms with Gasteiger partial charge in [0.1, 0.15) is 5.75 Å². The predicted octanol–water partition coefficient (Wildman–Crippen LogP) is 4.06. The van der Waals surface area contributed by atoms with Gasteiger partial charge in [0.15, 0.2) is 6.61 Å². The third kappa shape index (κ3) is 5.34. The lowest BCUT2D eigenvalue weighted by Crippen LogP contribution is -2.47. The second kappa shape index (κ2) is 10.1. The molecule has 2 aliphatic rings. The summed E-state index contributed by atoms with van der Waals surface area (Å²) in [6, 6.07) is 8.16. The normalized spacial score (nSPS) is 20.3. The summed E-state index contributed by atoms with van der Waals surface area (Å²) in [7, 11) is 1.94. The Kier molecular flexibility index (Phi) is 7.19. The maximum Gasteiger partial charge on any atom is 0.260 e. The number of carbonyl (C=O) groups is 1. The van der Waals surface area contributed by atoms with Crippen molar-refractivity contribution in [1.82, 2.24) is 19.6 Å². The van der Waals surface area contributed by atoms with E-state index in [9.17, 15) is 4.79 Å². The van der Waals surface area contributed by atoms with Crippen LogP contribution in [0.25, 0.3) is 0 Å². The van der Waals surface area contributed by atoms with E-state index in [4.69, 9.17) is 4.74 Å². The summed E-state index contributed by atoms with van der Waals surface area (Å²) in [6.45, 7) is 9.25. The highest BCUT2D eigenvalue weighted by Gasteiger charge is 2.36. The van der Waals surface area contributed by atoms with Gasteiger partial charge in [0.2, 0.25) is 0 Å². The lowest BCUT2D eigenvalue weighted by atomic mass is 9.73. The quantitative estimate of drug-likeness (QED) is 0.725. The minimum atomic E-state index is 0.0739. The molecule has 0 radical (unpaired) electrons. The Morgan fingerprint density at radius 2 is 1.91 bits per heavy atom. The van der Waals surface area contributed by atoms with Crippen LogP contribution in [-0.4, -0.2) is 58.8 Å². The van der Waals surface area contributed by atoms with E-state index in [1.54, 1.807) is 0 Å². The Bertz CT molecular complexity index is 914. The number of hydrogen-bond donors (Lipinski definition) is 0. The predicted molar refractivity (Wildman–Crippen MR) is 127 cm³/mol. The minimum absolute atomic E-state index is 0.0739. The van der Waals surface area contributed by atoms with Gasteiger partial charge in [0.25, 0.3) is 5.91 Å². The lowest BCUT2D eigenvalue weighted by molar-refractivity contribution is -0.134. The van der Waals surface area contributed by atoms with Gasteiger partial charge in [-0.1, -0.05) is 24.6 Å². The number of rotatable bonds is 3. The number of amides is 1. The highest BCUT2D eigenvalue weighted by atomic mass is 16.5. The van der Waals surface area contributed by atoms with E-state index in [-0.39, 0.29) is 17.9 Å². The summed E-state index contributed by atoms with van der Waals surface area (Å²) in [5.74, 6) is 0.935. The third-order valence-corrected chi connectivity index (χ3v) is 7.41. The van der Waals surface area contributed by atoms with Crippen LogP contribution in [0.1, 0.15) is 55.8 Å². The van der Waals surface area contributed by atoms with Gasteiger partial charge in [0.05, 0.1) is 5.69 Å². The van der Waals surface area contributed by atoms with Crippen LogP contribution in [0.2, 0.25) is 0 Å². The van der Waals surface area contributed by atoms with Crippen LogP contribution in [0.15, 0.2) is 30.5 Å². The van der Waals surface area contributed by atoms with Crippen molar-refractivity contribution >= 4 is 5.91 Å². The monoisotopic (exact) mass is 438 g/mol. The third-order valence-electron chi connectivity index (χ3n) is 7.41. The topological polar surface area (TPSA) is 50.6 Å². The maximum absolute atomic E-state index is 12.8. The molecular weight excluding hydrogens is 400 g/mol. The van der Waals surface area contributed by atoms with Crippen molar-refractivity contribution in [2.75, 3.05) is 33.3 Å².